The predicted octanol–water partition coefficient (Wildman–Crippen LogP) is 2.38. The Kier molecular flexibility index (Phi) is 5.31. The van der Waals surface area contributed by atoms with Crippen molar-refractivity contribution in [3.63, 3.8) is 0 Å². The lowest BCUT2D eigenvalue weighted by Crippen LogP contribution is -2.20. The van der Waals surface area contributed by atoms with Crippen LogP contribution in [0.4, 0.5) is 0 Å². The van der Waals surface area contributed by atoms with Gasteiger partial charge in [-0.25, -0.2) is 4.68 Å². The Morgan fingerprint density at radius 1 is 1.07 bits per heavy atom. The lowest BCUT2D eigenvalue weighted by atomic mass is 10.1. The molecule has 0 fully saturated rings. The van der Waals surface area contributed by atoms with Crippen molar-refractivity contribution in [2.45, 2.75) is 19.5 Å². The molecule has 7 nitrogen and oxygen atoms in total. The zero-order valence-corrected chi connectivity index (χ0v) is 16.6. The zero-order chi connectivity index (χ0) is 19.5. The molecule has 4 aromatic rings. The molecule has 0 saturated carbocycles. The molecule has 0 bridgehead atoms. The normalized spacial score (nSPS) is 11.2. The first-order chi connectivity index (χ1) is 13.6. The quantitative estimate of drug-likeness (QED) is 0.498. The summed E-state index contributed by atoms with van der Waals surface area (Å²) in [5, 5.41) is 22.7. The van der Waals surface area contributed by atoms with E-state index in [0.29, 0.717) is 29.7 Å². The van der Waals surface area contributed by atoms with E-state index >= 15 is 0 Å². The summed E-state index contributed by atoms with van der Waals surface area (Å²) in [6.07, 6.45) is 2.09. The van der Waals surface area contributed by atoms with Crippen molar-refractivity contribution in [3.8, 4) is 0 Å². The minimum absolute atomic E-state index is 0.130. The summed E-state index contributed by atoms with van der Waals surface area (Å²) in [6, 6.07) is 15.5. The average molecular weight is 440 g/mol. The molecule has 0 aliphatic heterocycles. The topological polar surface area (TPSA) is 85.8 Å². The fourth-order valence-corrected chi connectivity index (χ4v) is 3.48. The van der Waals surface area contributed by atoms with Gasteiger partial charge in [0, 0.05) is 17.5 Å². The van der Waals surface area contributed by atoms with Gasteiger partial charge in [0.1, 0.15) is 11.4 Å². The van der Waals surface area contributed by atoms with Crippen LogP contribution in [0.25, 0.3) is 10.9 Å². The van der Waals surface area contributed by atoms with Crippen LogP contribution in [0, 0.1) is 0 Å². The van der Waals surface area contributed by atoms with Crippen molar-refractivity contribution in [2.75, 3.05) is 6.61 Å². The third-order valence-corrected chi connectivity index (χ3v) is 4.91. The Morgan fingerprint density at radius 3 is 2.68 bits per heavy atom. The fraction of sp³-hybridized carbons (Fsp3) is 0.200. The van der Waals surface area contributed by atoms with Gasteiger partial charge < -0.3 is 5.11 Å². The SMILES string of the molecule is O=c1c(CCO)nn(Cc2cn(Cc3ccccc3)nn2)c2ccc(Br)cc12. The van der Waals surface area contributed by atoms with Crippen LogP contribution in [0.2, 0.25) is 0 Å². The molecule has 0 aliphatic carbocycles. The summed E-state index contributed by atoms with van der Waals surface area (Å²) in [6.45, 7) is 0.884. The van der Waals surface area contributed by atoms with E-state index in [0.717, 1.165) is 15.7 Å². The number of aromatic nitrogens is 5. The maximum Gasteiger partial charge on any atom is 0.211 e. The largest absolute Gasteiger partial charge is 0.396 e. The van der Waals surface area contributed by atoms with Gasteiger partial charge in [0.2, 0.25) is 5.43 Å². The number of benzene rings is 2. The van der Waals surface area contributed by atoms with Gasteiger partial charge in [-0.15, -0.1) is 5.10 Å². The molecular formula is C20H18BrN5O2. The van der Waals surface area contributed by atoms with Crippen LogP contribution in [-0.4, -0.2) is 36.5 Å². The summed E-state index contributed by atoms with van der Waals surface area (Å²) < 4.78 is 4.34. The van der Waals surface area contributed by atoms with Crippen LogP contribution in [0.5, 0.6) is 0 Å². The Balaban J connectivity index is 1.68. The highest BCUT2D eigenvalue weighted by molar-refractivity contribution is 9.10. The van der Waals surface area contributed by atoms with E-state index in [1.807, 2.05) is 48.7 Å². The van der Waals surface area contributed by atoms with E-state index < -0.39 is 0 Å². The molecule has 1 N–H and O–H groups in total. The molecule has 0 atom stereocenters. The van der Waals surface area contributed by atoms with Gasteiger partial charge in [-0.3, -0.25) is 9.48 Å². The van der Waals surface area contributed by atoms with E-state index in [9.17, 15) is 9.90 Å². The van der Waals surface area contributed by atoms with Gasteiger partial charge in [-0.2, -0.15) is 5.10 Å². The molecule has 8 heteroatoms. The maximum absolute atomic E-state index is 12.6. The Bertz CT molecular complexity index is 1170. The second-order valence-electron chi connectivity index (χ2n) is 6.46. The van der Waals surface area contributed by atoms with Gasteiger partial charge >= 0.3 is 0 Å². The number of aliphatic hydroxyl groups excluding tert-OH is 1. The van der Waals surface area contributed by atoms with Gasteiger partial charge in [-0.1, -0.05) is 51.5 Å². The fourth-order valence-electron chi connectivity index (χ4n) is 3.12. The molecule has 0 radical (unpaired) electrons. The van der Waals surface area contributed by atoms with Crippen LogP contribution < -0.4 is 5.43 Å². The van der Waals surface area contributed by atoms with Crippen LogP contribution in [0.3, 0.4) is 0 Å². The molecule has 28 heavy (non-hydrogen) atoms. The summed E-state index contributed by atoms with van der Waals surface area (Å²) in [7, 11) is 0. The van der Waals surface area contributed by atoms with Crippen LogP contribution >= 0.6 is 15.9 Å². The van der Waals surface area contributed by atoms with E-state index in [1.54, 1.807) is 15.4 Å². The summed E-state index contributed by atoms with van der Waals surface area (Å²) in [5.41, 5.74) is 2.78. The highest BCUT2D eigenvalue weighted by atomic mass is 79.9. The summed E-state index contributed by atoms with van der Waals surface area (Å²) >= 11 is 3.41. The Hall–Kier alpha value is -2.84. The number of aliphatic hydroxyl groups is 1. The second-order valence-corrected chi connectivity index (χ2v) is 7.38. The first kappa shape index (κ1) is 18.5. The molecule has 4 rings (SSSR count). The monoisotopic (exact) mass is 439 g/mol. The van der Waals surface area contributed by atoms with Crippen molar-refractivity contribution in [3.05, 3.63) is 86.4 Å². The molecule has 2 heterocycles. The van der Waals surface area contributed by atoms with E-state index in [-0.39, 0.29) is 18.5 Å². The number of rotatable bonds is 6. The van der Waals surface area contributed by atoms with Crippen molar-refractivity contribution in [1.29, 1.82) is 0 Å². The molecule has 0 aliphatic rings. The van der Waals surface area contributed by atoms with Crippen molar-refractivity contribution < 1.29 is 5.11 Å². The molecule has 142 valence electrons. The van der Waals surface area contributed by atoms with E-state index in [4.69, 9.17) is 0 Å². The van der Waals surface area contributed by atoms with Gasteiger partial charge in [0.15, 0.2) is 0 Å². The van der Waals surface area contributed by atoms with Gasteiger partial charge in [0.05, 0.1) is 30.2 Å². The molecule has 0 saturated heterocycles. The van der Waals surface area contributed by atoms with Crippen LogP contribution in [-0.2, 0) is 19.5 Å². The van der Waals surface area contributed by atoms with E-state index in [1.165, 1.54) is 0 Å². The number of halogens is 1. The highest BCUT2D eigenvalue weighted by Gasteiger charge is 2.13. The average Bonchev–Trinajstić information content (AvgIpc) is 3.13. The third-order valence-electron chi connectivity index (χ3n) is 4.42. The van der Waals surface area contributed by atoms with Gasteiger partial charge in [0.25, 0.3) is 0 Å². The number of hydrogen-bond acceptors (Lipinski definition) is 5. The molecule has 2 aromatic carbocycles. The summed E-state index contributed by atoms with van der Waals surface area (Å²) in [5.74, 6) is 0. The first-order valence-electron chi connectivity index (χ1n) is 8.87. The van der Waals surface area contributed by atoms with Crippen molar-refractivity contribution >= 4 is 26.8 Å². The Labute approximate surface area is 169 Å². The van der Waals surface area contributed by atoms with Crippen LogP contribution in [0.15, 0.2) is 64.0 Å². The highest BCUT2D eigenvalue weighted by Crippen LogP contribution is 2.18. The molecule has 2 aromatic heterocycles. The molecular weight excluding hydrogens is 422 g/mol. The lowest BCUT2D eigenvalue weighted by Gasteiger charge is -2.11. The minimum atomic E-state index is -0.158. The third kappa shape index (κ3) is 3.88. The lowest BCUT2D eigenvalue weighted by molar-refractivity contribution is 0.297. The number of nitrogens with zero attached hydrogens (tertiary/aromatic N) is 5. The van der Waals surface area contributed by atoms with E-state index in [2.05, 4.69) is 31.3 Å². The zero-order valence-electron chi connectivity index (χ0n) is 15.0. The smallest absolute Gasteiger partial charge is 0.211 e. The van der Waals surface area contributed by atoms with Gasteiger partial charge in [-0.05, 0) is 23.8 Å². The minimum Gasteiger partial charge on any atom is -0.396 e. The van der Waals surface area contributed by atoms with Crippen molar-refractivity contribution in [2.24, 2.45) is 0 Å². The number of fused-ring (bicyclic) bond motifs is 1. The molecule has 0 amide bonds. The molecule has 0 spiro atoms. The number of hydrogen-bond donors (Lipinski definition) is 1. The summed E-state index contributed by atoms with van der Waals surface area (Å²) in [4.78, 5) is 12.6. The first-order valence-corrected chi connectivity index (χ1v) is 9.66. The maximum atomic E-state index is 12.6. The van der Waals surface area contributed by atoms with Crippen molar-refractivity contribution in [1.82, 2.24) is 24.8 Å². The Morgan fingerprint density at radius 2 is 1.89 bits per heavy atom. The predicted molar refractivity (Wildman–Crippen MR) is 109 cm³/mol. The van der Waals surface area contributed by atoms with Crippen LogP contribution in [0.1, 0.15) is 17.0 Å². The molecule has 0 unspecified atom stereocenters. The standard InChI is InChI=1S/C20H18BrN5O2/c21-15-6-7-19-17(10-15)20(28)18(8-9-27)23-26(19)13-16-12-25(24-22-16)11-14-4-2-1-3-5-14/h1-7,10,12,27H,8-9,11,13H2. The second kappa shape index (κ2) is 8.04.